The molecule has 0 fully saturated rings. The Bertz CT molecular complexity index is 117. The Balaban J connectivity index is -0.00000000697. The van der Waals surface area contributed by atoms with E-state index in [0.717, 1.165) is 0 Å². The molecule has 0 saturated heterocycles. The van der Waals surface area contributed by atoms with E-state index in [1.54, 1.807) is 0 Å². The van der Waals surface area contributed by atoms with Gasteiger partial charge in [0.2, 0.25) is 0 Å². The van der Waals surface area contributed by atoms with Crippen molar-refractivity contribution in [1.29, 1.82) is 0 Å². The van der Waals surface area contributed by atoms with E-state index in [1.165, 1.54) is 0 Å². The monoisotopic (exact) mass is 1110 g/mol. The summed E-state index contributed by atoms with van der Waals surface area (Å²) >= 11 is 0. The van der Waals surface area contributed by atoms with E-state index < -0.39 is 0 Å². The third-order valence-electron chi connectivity index (χ3n) is 1.00. The van der Waals surface area contributed by atoms with Crippen LogP contribution in [-0.4, -0.2) is 216 Å². The maximum absolute atomic E-state index is 4.90. The fourth-order valence-corrected chi connectivity index (χ4v) is 0. The molecule has 0 saturated carbocycles. The summed E-state index contributed by atoms with van der Waals surface area (Å²) in [6, 6.07) is 0. The normalized spacial score (nSPS) is 5.14. The Morgan fingerprint density at radius 1 is 0.257 bits per heavy atom. The van der Waals surface area contributed by atoms with Crippen LogP contribution >= 0.6 is 0 Å². The summed E-state index contributed by atoms with van der Waals surface area (Å²) < 4.78 is 0. The first-order chi connectivity index (χ1) is 11.5. The van der Waals surface area contributed by atoms with Gasteiger partial charge < -0.3 is 143 Å². The summed E-state index contributed by atoms with van der Waals surface area (Å²) in [6.45, 7) is 7.17. The first-order valence-electron chi connectivity index (χ1n) is 7.90. The van der Waals surface area contributed by atoms with Gasteiger partial charge in [-0.1, -0.05) is 0 Å². The number of rotatable bonds is 6. The van der Waals surface area contributed by atoms with Gasteiger partial charge in [0.15, 0.2) is 0 Å². The number of hydrogen-bond donors (Lipinski definition) is 12. The molecule has 222 valence electrons. The molecular weight excluding hydrogens is 1050 g/mol. The van der Waals surface area contributed by atoms with Gasteiger partial charge in [-0.2, -0.15) is 0 Å². The second-order valence-electron chi connectivity index (χ2n) is 3.46. The van der Waals surface area contributed by atoms with E-state index in [1.807, 2.05) is 0 Å². The average Bonchev–Trinajstić information content (AvgIpc) is 2.68. The maximum Gasteiger partial charge on any atom is 0.00461 e. The molecule has 13 nitrogen and oxygen atoms in total. The van der Waals surface area contributed by atoms with Gasteiger partial charge in [0.1, 0.15) is 0 Å². The van der Waals surface area contributed by atoms with Crippen molar-refractivity contribution < 1.29 is 42.6 Å². The molecule has 24 N–H and O–H groups in total. The third-order valence-corrected chi connectivity index (χ3v) is 1.00. The molecule has 0 aromatic rings. The van der Waals surface area contributed by atoms with Crippen molar-refractivity contribution >= 4 is 138 Å². The minimum atomic E-state index is 0. The minimum Gasteiger partial charge on any atom is -2.00 e. The molecule has 0 aromatic heterocycles. The molecule has 0 aromatic carbocycles. The van der Waals surface area contributed by atoms with Crippen molar-refractivity contribution in [3.8, 4) is 0 Å². The predicted octanol–water partition coefficient (Wildman–Crippen LogP) is -9.75. The standard InChI is InChI=1S/6C2H8N2.2Ge.O.6Se.2V/c6*3-1-2-4;;;;;;;;;;;/h6*1-4H2;;;;;;;;;;;/q;;;;;;;;-2;;;4*-1;;. The van der Waals surface area contributed by atoms with Crippen LogP contribution in [0.4, 0.5) is 0 Å². The second kappa shape index (κ2) is 196. The summed E-state index contributed by atoms with van der Waals surface area (Å²) in [5.41, 5.74) is 58.8. The first-order valence-corrected chi connectivity index (χ1v) is 7.90. The predicted molar refractivity (Wildman–Crippen MR) is 155 cm³/mol. The molecule has 35 heavy (non-hydrogen) atoms. The molecule has 0 aliphatic carbocycles. The summed E-state index contributed by atoms with van der Waals surface area (Å²) in [5, 5.41) is 0. The van der Waals surface area contributed by atoms with Crippen LogP contribution in [0, 0.1) is 0 Å². The van der Waals surface area contributed by atoms with Crippen molar-refractivity contribution in [2.45, 2.75) is 0 Å². The van der Waals surface area contributed by atoms with Gasteiger partial charge in [-0.15, -0.1) is 0 Å². The smallest absolute Gasteiger partial charge is 0.00461 e. The fraction of sp³-hybridized carbons (Fsp3) is 1.00. The zero-order valence-corrected chi connectivity index (χ0v) is 37.4. The number of nitrogens with two attached hydrogens (primary N) is 12. The van der Waals surface area contributed by atoms with E-state index in [4.69, 9.17) is 68.8 Å². The van der Waals surface area contributed by atoms with E-state index in [9.17, 15) is 0 Å². The van der Waals surface area contributed by atoms with E-state index in [2.05, 4.69) is 0 Å². The van der Waals surface area contributed by atoms with Crippen LogP contribution < -0.4 is 68.8 Å². The molecule has 0 aliphatic rings. The minimum absolute atomic E-state index is 0. The molecule has 0 unspecified atom stereocenters. The fourth-order valence-electron chi connectivity index (χ4n) is 0. The van der Waals surface area contributed by atoms with Gasteiger partial charge in [0.05, 0.1) is 0 Å². The van der Waals surface area contributed by atoms with Gasteiger partial charge in [-0.25, -0.2) is 0 Å². The van der Waals surface area contributed by atoms with Crippen LogP contribution in [0.25, 0.3) is 0 Å². The first kappa shape index (κ1) is 115. The van der Waals surface area contributed by atoms with Gasteiger partial charge >= 0.3 is 0 Å². The van der Waals surface area contributed by atoms with Crippen molar-refractivity contribution in [2.75, 3.05) is 78.5 Å². The Morgan fingerprint density at radius 3 is 0.286 bits per heavy atom. The van der Waals surface area contributed by atoms with Gasteiger partial charge in [0.25, 0.3) is 0 Å². The summed E-state index contributed by atoms with van der Waals surface area (Å²) in [5.74, 6) is 0. The molecule has 0 spiro atoms. The van der Waals surface area contributed by atoms with Crippen LogP contribution in [0.5, 0.6) is 0 Å². The van der Waals surface area contributed by atoms with Crippen LogP contribution in [0.3, 0.4) is 0 Å². The van der Waals surface area contributed by atoms with Gasteiger partial charge in [-0.05, 0) is 0 Å². The Morgan fingerprint density at radius 2 is 0.286 bits per heavy atom. The molecule has 0 atom stereocenters. The Labute approximate surface area is 323 Å². The largest absolute Gasteiger partial charge is 2.00 e. The SMILES string of the molecule is NCCN.NCCN.NCCN.NCCN.NCCN.NCCN.[Ge].[Ge].[O-2].[Se-].[Se-].[Se-].[Se-].[Se].[Se].[V].[V]. The molecule has 0 bridgehead atoms. The van der Waals surface area contributed by atoms with Crippen LogP contribution in [0.15, 0.2) is 0 Å². The topological polar surface area (TPSA) is 341 Å². The van der Waals surface area contributed by atoms with Gasteiger partial charge in [-0.3, -0.25) is 0 Å². The molecule has 0 heterocycles. The van der Waals surface area contributed by atoms with Crippen molar-refractivity contribution in [1.82, 2.24) is 0 Å². The van der Waals surface area contributed by atoms with E-state index in [-0.39, 0.29) is 180 Å². The van der Waals surface area contributed by atoms with Crippen molar-refractivity contribution in [3.63, 3.8) is 0 Å². The zero-order chi connectivity index (χ0) is 20.5. The Hall–Kier alpha value is 4.85. The zero-order valence-electron chi connectivity index (χ0n) is 20.2. The quantitative estimate of drug-likeness (QED) is 0.110. The molecule has 18 radical (unpaired) electrons. The van der Waals surface area contributed by atoms with Crippen LogP contribution in [0.2, 0.25) is 0 Å². The summed E-state index contributed by atoms with van der Waals surface area (Å²) in [6.07, 6.45) is 0. The molecule has 23 heteroatoms. The van der Waals surface area contributed by atoms with E-state index >= 15 is 0 Å². The third kappa shape index (κ3) is 448. The molecule has 0 aliphatic heterocycles. The maximum atomic E-state index is 4.90. The second-order valence-corrected chi connectivity index (χ2v) is 3.46. The number of hydrogen-bond acceptors (Lipinski definition) is 12. The van der Waals surface area contributed by atoms with Gasteiger partial charge in [0, 0.05) is 185 Å². The summed E-state index contributed by atoms with van der Waals surface area (Å²) in [7, 11) is 0. The van der Waals surface area contributed by atoms with E-state index in [0.29, 0.717) is 78.5 Å². The molecular formula is C12H48Ge2N12OSe6V2-6. The average molecular weight is 1100 g/mol. The summed E-state index contributed by atoms with van der Waals surface area (Å²) in [4.78, 5) is 0. The van der Waals surface area contributed by atoms with Crippen LogP contribution in [0.1, 0.15) is 0 Å². The molecule has 0 amide bonds. The van der Waals surface area contributed by atoms with Crippen LogP contribution in [-0.2, 0) is 42.6 Å². The van der Waals surface area contributed by atoms with Crippen molar-refractivity contribution in [3.05, 3.63) is 0 Å². The molecule has 0 rings (SSSR count). The van der Waals surface area contributed by atoms with Crippen molar-refractivity contribution in [2.24, 2.45) is 68.8 Å². The Kier molecular flexibility index (Phi) is 645.